The monoisotopic (exact) mass is 921 g/mol. The molecule has 0 radical (unpaired) electrons. The standard InChI is InChI=1S/C52H60FN3O11/c1-5-27-64-52-47(56(51(60)63-4)32-34-17-19-37(53)20-18-34)31-44(55-65-33-35-13-7-6-8-14-35)41-28-36(15-9-11-25-57)40(16-10-12-26-58)48(49(41)52)42-29-39(22-24-45(42)67-52)66-50(59)54-43-23-21-38(61-2)30-46(43)62-3/h5-8,13-14,17-24,28-30,36,40,47-49,57-58H,1,9-12,15-16,25-27,31-33H2,2-4H3,(H,54,59). The van der Waals surface area contributed by atoms with E-state index >= 15 is 0 Å². The number of fused-ring (bicyclic) bond motifs is 2. The number of rotatable bonds is 21. The zero-order valence-electron chi connectivity index (χ0n) is 38.2. The maximum atomic E-state index is 14.3. The molecule has 2 aliphatic carbocycles. The number of benzene rings is 4. The molecule has 2 amide bonds. The third-order valence-electron chi connectivity index (χ3n) is 12.8. The Morgan fingerprint density at radius 1 is 0.910 bits per heavy atom. The van der Waals surface area contributed by atoms with Gasteiger partial charge in [0.1, 0.15) is 41.5 Å². The molecule has 1 heterocycles. The van der Waals surface area contributed by atoms with Crippen molar-refractivity contribution in [2.45, 2.75) is 75.8 Å². The van der Waals surface area contributed by atoms with Crippen molar-refractivity contribution in [3.8, 4) is 23.0 Å². The molecule has 7 rings (SSSR count). The summed E-state index contributed by atoms with van der Waals surface area (Å²) in [6, 6.07) is 24.9. The third kappa shape index (κ3) is 11.1. The number of hydrogen-bond donors (Lipinski definition) is 3. The lowest BCUT2D eigenvalue weighted by atomic mass is 9.55. The number of unbranched alkanes of at least 4 members (excludes halogenated alkanes) is 2. The van der Waals surface area contributed by atoms with E-state index < -0.39 is 41.7 Å². The number of oxime groups is 1. The molecular formula is C52H60FN3O11. The lowest BCUT2D eigenvalue weighted by molar-refractivity contribution is -0.256. The van der Waals surface area contributed by atoms with Gasteiger partial charge in [0.25, 0.3) is 0 Å². The van der Waals surface area contributed by atoms with Crippen LogP contribution < -0.4 is 24.3 Å². The van der Waals surface area contributed by atoms with Crippen molar-refractivity contribution >= 4 is 23.6 Å². The zero-order chi connectivity index (χ0) is 47.3. The number of ether oxygens (including phenoxy) is 6. The fraction of sp³-hybridized carbons (Fsp3) is 0.404. The van der Waals surface area contributed by atoms with E-state index in [-0.39, 0.29) is 57.0 Å². The molecule has 67 heavy (non-hydrogen) atoms. The molecule has 0 spiro atoms. The summed E-state index contributed by atoms with van der Waals surface area (Å²) in [4.78, 5) is 35.6. The third-order valence-corrected chi connectivity index (χ3v) is 12.8. The molecule has 4 aromatic rings. The van der Waals surface area contributed by atoms with E-state index in [1.807, 2.05) is 36.4 Å². The first-order valence-electron chi connectivity index (χ1n) is 22.7. The Labute approximate surface area is 390 Å². The van der Waals surface area contributed by atoms with Crippen LogP contribution >= 0.6 is 0 Å². The Morgan fingerprint density at radius 3 is 2.36 bits per heavy atom. The number of allylic oxidation sites excluding steroid dienone is 1. The predicted molar refractivity (Wildman–Crippen MR) is 250 cm³/mol. The molecule has 6 atom stereocenters. The van der Waals surface area contributed by atoms with Crippen LogP contribution in [-0.2, 0) is 27.5 Å². The van der Waals surface area contributed by atoms with Crippen LogP contribution in [0.15, 0.2) is 120 Å². The van der Waals surface area contributed by atoms with Gasteiger partial charge in [-0.2, -0.15) is 0 Å². The number of aliphatic hydroxyl groups excluding tert-OH is 2. The summed E-state index contributed by atoms with van der Waals surface area (Å²) in [7, 11) is 4.33. The van der Waals surface area contributed by atoms with Gasteiger partial charge in [-0.25, -0.2) is 14.0 Å². The predicted octanol–water partition coefficient (Wildman–Crippen LogP) is 9.56. The summed E-state index contributed by atoms with van der Waals surface area (Å²) in [5, 5.41) is 27.6. The number of nitrogens with zero attached hydrogens (tertiary/aromatic N) is 2. The molecule has 4 aromatic carbocycles. The van der Waals surface area contributed by atoms with Crippen molar-refractivity contribution in [1.82, 2.24) is 4.90 Å². The number of anilines is 1. The lowest BCUT2D eigenvalue weighted by Crippen LogP contribution is -2.70. The minimum atomic E-state index is -1.60. The number of nitrogens with one attached hydrogen (secondary N) is 1. The van der Waals surface area contributed by atoms with Crippen molar-refractivity contribution in [3.63, 3.8) is 0 Å². The van der Waals surface area contributed by atoms with Gasteiger partial charge in [0.05, 0.1) is 45.3 Å². The first kappa shape index (κ1) is 48.5. The Morgan fingerprint density at radius 2 is 1.66 bits per heavy atom. The summed E-state index contributed by atoms with van der Waals surface area (Å²) < 4.78 is 50.8. The Bertz CT molecular complexity index is 2380. The Kier molecular flexibility index (Phi) is 16.5. The molecule has 3 aliphatic rings. The normalized spacial score (nSPS) is 22.0. The van der Waals surface area contributed by atoms with Crippen LogP contribution in [0.2, 0.25) is 0 Å². The van der Waals surface area contributed by atoms with Gasteiger partial charge in [0.15, 0.2) is 0 Å². The fourth-order valence-electron chi connectivity index (χ4n) is 9.82. The van der Waals surface area contributed by atoms with Crippen LogP contribution in [0, 0.1) is 23.6 Å². The van der Waals surface area contributed by atoms with Crippen molar-refractivity contribution in [2.75, 3.05) is 46.5 Å². The number of hydrogen-bond acceptors (Lipinski definition) is 12. The van der Waals surface area contributed by atoms with Crippen LogP contribution in [0.25, 0.3) is 0 Å². The number of carbonyl (C=O) groups excluding carboxylic acids is 2. The first-order chi connectivity index (χ1) is 32.7. The van der Waals surface area contributed by atoms with Gasteiger partial charge in [-0.05, 0) is 96.7 Å². The molecule has 0 saturated heterocycles. The second-order valence-electron chi connectivity index (χ2n) is 16.8. The highest BCUT2D eigenvalue weighted by atomic mass is 19.1. The summed E-state index contributed by atoms with van der Waals surface area (Å²) in [6.07, 6.45) is 6.60. The Hall–Kier alpha value is -6.42. The van der Waals surface area contributed by atoms with Crippen LogP contribution in [0.1, 0.15) is 67.6 Å². The maximum absolute atomic E-state index is 14.3. The molecule has 3 N–H and O–H groups in total. The van der Waals surface area contributed by atoms with E-state index in [0.717, 1.165) is 29.5 Å². The molecule has 0 aromatic heterocycles. The highest BCUT2D eigenvalue weighted by Gasteiger charge is 2.65. The summed E-state index contributed by atoms with van der Waals surface area (Å²) in [6.45, 7) is 4.28. The van der Waals surface area contributed by atoms with E-state index in [2.05, 4.69) is 18.0 Å². The van der Waals surface area contributed by atoms with E-state index in [0.29, 0.717) is 59.9 Å². The minimum absolute atomic E-state index is 0.00616. The largest absolute Gasteiger partial charge is 0.497 e. The first-order valence-corrected chi connectivity index (χ1v) is 22.7. The SMILES string of the molecule is C=CCOC12Oc3ccc(OC(=O)Nc4ccc(OC)cc4OC)cc3C3C(CCCCO)C(CCCCO)C=C(C(=NOCc4ccccc4)CC1N(Cc1ccc(F)cc1)C(=O)OC)C32. The van der Waals surface area contributed by atoms with Gasteiger partial charge in [-0.3, -0.25) is 10.2 Å². The lowest BCUT2D eigenvalue weighted by Gasteiger charge is -2.59. The highest BCUT2D eigenvalue weighted by Crippen LogP contribution is 2.62. The number of halogens is 1. The number of carbonyl (C=O) groups is 2. The van der Waals surface area contributed by atoms with E-state index in [9.17, 15) is 24.2 Å². The second-order valence-corrected chi connectivity index (χ2v) is 16.8. The van der Waals surface area contributed by atoms with Crippen LogP contribution in [0.4, 0.5) is 19.7 Å². The number of amides is 2. The topological polar surface area (TPSA) is 167 Å². The van der Waals surface area contributed by atoms with Crippen molar-refractivity contribution in [2.24, 2.45) is 22.9 Å². The van der Waals surface area contributed by atoms with Gasteiger partial charge in [0.2, 0.25) is 5.79 Å². The van der Waals surface area contributed by atoms with Crippen molar-refractivity contribution in [1.29, 1.82) is 0 Å². The van der Waals surface area contributed by atoms with E-state index in [1.54, 1.807) is 53.4 Å². The average Bonchev–Trinajstić information content (AvgIpc) is 3.34. The Balaban J connectivity index is 1.40. The van der Waals surface area contributed by atoms with Gasteiger partial charge in [0, 0.05) is 43.7 Å². The van der Waals surface area contributed by atoms with Crippen LogP contribution in [-0.4, -0.2) is 86.0 Å². The molecule has 1 aliphatic heterocycles. The summed E-state index contributed by atoms with van der Waals surface area (Å²) in [5.74, 6) is -1.61. The highest BCUT2D eigenvalue weighted by molar-refractivity contribution is 6.03. The van der Waals surface area contributed by atoms with E-state index in [1.165, 1.54) is 33.5 Å². The van der Waals surface area contributed by atoms with Gasteiger partial charge < -0.3 is 43.5 Å². The van der Waals surface area contributed by atoms with Crippen LogP contribution in [0.3, 0.4) is 0 Å². The smallest absolute Gasteiger partial charge is 0.417 e. The van der Waals surface area contributed by atoms with Crippen LogP contribution in [0.5, 0.6) is 23.0 Å². The molecule has 6 unspecified atom stereocenters. The fourth-order valence-corrected chi connectivity index (χ4v) is 9.82. The van der Waals surface area contributed by atoms with Gasteiger partial charge in [-0.1, -0.05) is 72.6 Å². The zero-order valence-corrected chi connectivity index (χ0v) is 38.2. The minimum Gasteiger partial charge on any atom is -0.497 e. The number of methoxy groups -OCH3 is 3. The average molecular weight is 922 g/mol. The van der Waals surface area contributed by atoms with Gasteiger partial charge >= 0.3 is 12.2 Å². The molecule has 15 heteroatoms. The summed E-state index contributed by atoms with van der Waals surface area (Å²) >= 11 is 0. The molecular weight excluding hydrogens is 862 g/mol. The molecule has 356 valence electrons. The molecule has 1 saturated carbocycles. The van der Waals surface area contributed by atoms with Crippen molar-refractivity contribution in [3.05, 3.63) is 138 Å². The number of aliphatic hydroxyl groups is 2. The van der Waals surface area contributed by atoms with Gasteiger partial charge in [-0.15, -0.1) is 6.58 Å². The van der Waals surface area contributed by atoms with E-state index in [4.69, 9.17) is 38.4 Å². The quantitative estimate of drug-likeness (QED) is 0.0414. The molecule has 1 fully saturated rings. The molecule has 14 nitrogen and oxygen atoms in total. The maximum Gasteiger partial charge on any atom is 0.417 e. The molecule has 0 bridgehead atoms. The van der Waals surface area contributed by atoms with Crippen molar-refractivity contribution < 1.29 is 57.5 Å². The summed E-state index contributed by atoms with van der Waals surface area (Å²) in [5.41, 5.74) is 4.07. The second kappa shape index (κ2) is 22.9.